The smallest absolute Gasteiger partial charge is 0.332 e. The van der Waals surface area contributed by atoms with E-state index in [4.69, 9.17) is 16.3 Å². The summed E-state index contributed by atoms with van der Waals surface area (Å²) >= 11 is 5.87. The molecule has 30 heavy (non-hydrogen) atoms. The third kappa shape index (κ3) is 4.74. The van der Waals surface area contributed by atoms with E-state index in [0.717, 1.165) is 4.90 Å². The summed E-state index contributed by atoms with van der Waals surface area (Å²) in [5.41, 5.74) is 0.986. The quantitative estimate of drug-likeness (QED) is 0.670. The van der Waals surface area contributed by atoms with Crippen LogP contribution in [0.15, 0.2) is 48.5 Å². The molecule has 1 heterocycles. The number of nitrogens with one attached hydrogen (secondary N) is 1. The summed E-state index contributed by atoms with van der Waals surface area (Å²) in [5, 5.41) is 3.31. The van der Waals surface area contributed by atoms with Crippen molar-refractivity contribution in [2.75, 3.05) is 23.9 Å². The molecule has 0 aliphatic carbocycles. The fraction of sp³-hybridized carbons (Fsp3) is 0.318. The van der Waals surface area contributed by atoms with E-state index in [1.165, 1.54) is 12.0 Å². The Morgan fingerprint density at radius 1 is 1.17 bits per heavy atom. The average molecular weight is 430 g/mol. The van der Waals surface area contributed by atoms with E-state index in [1.807, 2.05) is 13.8 Å². The van der Waals surface area contributed by atoms with Crippen LogP contribution in [0.4, 0.5) is 16.2 Å². The Morgan fingerprint density at radius 3 is 2.50 bits per heavy atom. The Morgan fingerprint density at radius 2 is 1.87 bits per heavy atom. The van der Waals surface area contributed by atoms with Crippen molar-refractivity contribution in [3.8, 4) is 5.75 Å². The number of urea groups is 1. The van der Waals surface area contributed by atoms with Gasteiger partial charge in [0.05, 0.1) is 19.2 Å². The number of carbonyl (C=O) groups excluding carboxylic acids is 3. The number of hydrogen-bond donors (Lipinski definition) is 1. The highest BCUT2D eigenvalue weighted by molar-refractivity contribution is 6.30. The number of ether oxygens (including phenoxy) is 1. The van der Waals surface area contributed by atoms with Crippen LogP contribution >= 0.6 is 11.6 Å². The number of amides is 4. The minimum absolute atomic E-state index is 0.133. The molecule has 1 aliphatic heterocycles. The second-order valence-electron chi connectivity index (χ2n) is 7.48. The number of imide groups is 1. The predicted molar refractivity (Wildman–Crippen MR) is 116 cm³/mol. The van der Waals surface area contributed by atoms with Gasteiger partial charge in [-0.05, 0) is 42.3 Å². The van der Waals surface area contributed by atoms with E-state index in [2.05, 4.69) is 5.32 Å². The van der Waals surface area contributed by atoms with Gasteiger partial charge in [0.2, 0.25) is 5.91 Å². The van der Waals surface area contributed by atoms with Crippen molar-refractivity contribution in [3.63, 3.8) is 0 Å². The summed E-state index contributed by atoms with van der Waals surface area (Å²) in [6, 6.07) is 12.1. The average Bonchev–Trinajstić information content (AvgIpc) is 2.93. The molecule has 1 saturated heterocycles. The third-order valence-corrected chi connectivity index (χ3v) is 4.95. The molecule has 1 aliphatic rings. The molecule has 0 aromatic heterocycles. The van der Waals surface area contributed by atoms with Crippen molar-refractivity contribution in [1.82, 2.24) is 4.90 Å². The Kier molecular flexibility index (Phi) is 6.62. The zero-order valence-corrected chi connectivity index (χ0v) is 17.8. The number of rotatable bonds is 7. The van der Waals surface area contributed by atoms with E-state index in [1.54, 1.807) is 48.5 Å². The Hall–Kier alpha value is -3.06. The van der Waals surface area contributed by atoms with Gasteiger partial charge in [-0.1, -0.05) is 31.5 Å². The lowest BCUT2D eigenvalue weighted by Gasteiger charge is -2.23. The van der Waals surface area contributed by atoms with Gasteiger partial charge in [0.15, 0.2) is 0 Å². The van der Waals surface area contributed by atoms with Crippen LogP contribution in [0, 0.1) is 5.92 Å². The first-order chi connectivity index (χ1) is 14.3. The highest BCUT2D eigenvalue weighted by Gasteiger charge is 2.46. The summed E-state index contributed by atoms with van der Waals surface area (Å²) in [7, 11) is 1.52. The molecule has 1 fully saturated rings. The summed E-state index contributed by atoms with van der Waals surface area (Å²) in [4.78, 5) is 41.4. The lowest BCUT2D eigenvalue weighted by molar-refractivity contribution is -0.124. The monoisotopic (exact) mass is 429 g/mol. The molecule has 7 nitrogen and oxygen atoms in total. The number of nitrogens with zero attached hydrogens (tertiary/aromatic N) is 2. The van der Waals surface area contributed by atoms with Crippen LogP contribution in [0.1, 0.15) is 20.3 Å². The van der Waals surface area contributed by atoms with Gasteiger partial charge in [-0.25, -0.2) is 9.69 Å². The van der Waals surface area contributed by atoms with Crippen molar-refractivity contribution in [3.05, 3.63) is 53.6 Å². The maximum Gasteiger partial charge on any atom is 0.332 e. The van der Waals surface area contributed by atoms with Crippen LogP contribution in [0.3, 0.4) is 0 Å². The molecule has 1 atom stereocenters. The van der Waals surface area contributed by atoms with Gasteiger partial charge in [-0.15, -0.1) is 0 Å². The maximum absolute atomic E-state index is 13.2. The van der Waals surface area contributed by atoms with Crippen LogP contribution in [0.25, 0.3) is 0 Å². The predicted octanol–water partition coefficient (Wildman–Crippen LogP) is 4.17. The van der Waals surface area contributed by atoms with Gasteiger partial charge < -0.3 is 15.0 Å². The fourth-order valence-electron chi connectivity index (χ4n) is 3.34. The first-order valence-corrected chi connectivity index (χ1v) is 10.0. The molecular formula is C22H24ClN3O4. The molecule has 0 spiro atoms. The SMILES string of the molecule is COc1cccc(N2C(=O)[C@H](CC(=O)Nc3ccc(Cl)cc3)N(CC(C)C)C2=O)c1. The minimum atomic E-state index is -0.876. The molecular weight excluding hydrogens is 406 g/mol. The van der Waals surface area contributed by atoms with Crippen molar-refractivity contribution in [1.29, 1.82) is 0 Å². The van der Waals surface area contributed by atoms with Gasteiger partial charge in [-0.3, -0.25) is 9.59 Å². The highest BCUT2D eigenvalue weighted by atomic mass is 35.5. The highest BCUT2D eigenvalue weighted by Crippen LogP contribution is 2.30. The lowest BCUT2D eigenvalue weighted by Crippen LogP contribution is -2.40. The molecule has 1 N–H and O–H groups in total. The largest absolute Gasteiger partial charge is 0.497 e. The fourth-order valence-corrected chi connectivity index (χ4v) is 3.47. The Balaban J connectivity index is 1.83. The number of carbonyl (C=O) groups is 3. The number of anilines is 2. The van der Waals surface area contributed by atoms with Crippen molar-refractivity contribution < 1.29 is 19.1 Å². The molecule has 0 bridgehead atoms. The number of benzene rings is 2. The van der Waals surface area contributed by atoms with Crippen LogP contribution in [-0.4, -0.2) is 42.4 Å². The second-order valence-corrected chi connectivity index (χ2v) is 7.92. The number of halogens is 1. The van der Waals surface area contributed by atoms with Crippen molar-refractivity contribution in [2.24, 2.45) is 5.92 Å². The van der Waals surface area contributed by atoms with E-state index in [9.17, 15) is 14.4 Å². The summed E-state index contributed by atoms with van der Waals surface area (Å²) < 4.78 is 5.21. The number of hydrogen-bond acceptors (Lipinski definition) is 4. The molecule has 3 rings (SSSR count). The van der Waals surface area contributed by atoms with Gasteiger partial charge in [0.25, 0.3) is 5.91 Å². The molecule has 4 amide bonds. The topological polar surface area (TPSA) is 79.0 Å². The van der Waals surface area contributed by atoms with E-state index in [0.29, 0.717) is 28.7 Å². The first-order valence-electron chi connectivity index (χ1n) is 9.64. The first kappa shape index (κ1) is 21.6. The third-order valence-electron chi connectivity index (χ3n) is 4.70. The zero-order chi connectivity index (χ0) is 21.8. The normalized spacial score (nSPS) is 16.4. The maximum atomic E-state index is 13.2. The summed E-state index contributed by atoms with van der Waals surface area (Å²) in [6.07, 6.45) is -0.139. The Bertz CT molecular complexity index is 946. The minimum Gasteiger partial charge on any atom is -0.497 e. The molecule has 2 aromatic carbocycles. The molecule has 0 radical (unpaired) electrons. The van der Waals surface area contributed by atoms with Crippen LogP contribution in [0.5, 0.6) is 5.75 Å². The van der Waals surface area contributed by atoms with E-state index >= 15 is 0 Å². The molecule has 0 saturated carbocycles. The second kappa shape index (κ2) is 9.17. The lowest BCUT2D eigenvalue weighted by atomic mass is 10.1. The van der Waals surface area contributed by atoms with Gasteiger partial charge in [0.1, 0.15) is 11.8 Å². The van der Waals surface area contributed by atoms with Gasteiger partial charge in [-0.2, -0.15) is 0 Å². The molecule has 8 heteroatoms. The zero-order valence-electron chi connectivity index (χ0n) is 17.1. The number of methoxy groups -OCH3 is 1. The van der Waals surface area contributed by atoms with Crippen molar-refractivity contribution >= 4 is 40.8 Å². The van der Waals surface area contributed by atoms with E-state index < -0.39 is 18.0 Å². The van der Waals surface area contributed by atoms with Gasteiger partial charge in [0, 0.05) is 23.3 Å². The Labute approximate surface area is 180 Å². The van der Waals surface area contributed by atoms with Crippen LogP contribution < -0.4 is 15.0 Å². The van der Waals surface area contributed by atoms with Gasteiger partial charge >= 0.3 is 6.03 Å². The summed E-state index contributed by atoms with van der Waals surface area (Å²) in [6.45, 7) is 4.28. The molecule has 0 unspecified atom stereocenters. The summed E-state index contributed by atoms with van der Waals surface area (Å²) in [5.74, 6) is -0.119. The van der Waals surface area contributed by atoms with E-state index in [-0.39, 0.29) is 18.2 Å². The van der Waals surface area contributed by atoms with Crippen molar-refractivity contribution in [2.45, 2.75) is 26.3 Å². The standard InChI is InChI=1S/C22H24ClN3O4/c1-14(2)13-25-19(12-20(27)24-16-9-7-15(23)8-10-16)21(28)26(22(25)29)17-5-4-6-18(11-17)30-3/h4-11,14,19H,12-13H2,1-3H3,(H,24,27)/t19-/m0/s1. The van der Waals surface area contributed by atoms with Crippen LogP contribution in [-0.2, 0) is 9.59 Å². The molecule has 158 valence electrons. The molecule has 2 aromatic rings. The van der Waals surface area contributed by atoms with Crippen LogP contribution in [0.2, 0.25) is 5.02 Å².